The molecule has 3 fully saturated rings. The third-order valence-electron chi connectivity index (χ3n) is 6.62. The number of rotatable bonds is 5. The van der Waals surface area contributed by atoms with Crippen LogP contribution in [-0.4, -0.2) is 46.5 Å². The zero-order valence-corrected chi connectivity index (χ0v) is 16.5. The van der Waals surface area contributed by atoms with Gasteiger partial charge in [-0.2, -0.15) is 0 Å². The molecule has 2 aromatic rings. The summed E-state index contributed by atoms with van der Waals surface area (Å²) in [4.78, 5) is 29.5. The summed E-state index contributed by atoms with van der Waals surface area (Å²) in [6.07, 6.45) is 3.20. The third-order valence-corrected chi connectivity index (χ3v) is 6.62. The van der Waals surface area contributed by atoms with Crippen molar-refractivity contribution in [2.45, 2.75) is 50.0 Å². The second kappa shape index (κ2) is 7.30. The van der Waals surface area contributed by atoms with Gasteiger partial charge in [0.05, 0.1) is 19.0 Å². The summed E-state index contributed by atoms with van der Waals surface area (Å²) in [6, 6.07) is 20.2. The van der Waals surface area contributed by atoms with Gasteiger partial charge in [-0.25, -0.2) is 0 Å². The first kappa shape index (κ1) is 18.4. The van der Waals surface area contributed by atoms with Crippen molar-refractivity contribution < 1.29 is 14.3 Å². The first-order valence-electron chi connectivity index (χ1n) is 10.5. The van der Waals surface area contributed by atoms with Crippen molar-refractivity contribution in [1.29, 1.82) is 0 Å². The van der Waals surface area contributed by atoms with Gasteiger partial charge in [-0.15, -0.1) is 0 Å². The molecule has 150 valence electrons. The Morgan fingerprint density at radius 1 is 1.07 bits per heavy atom. The zero-order valence-electron chi connectivity index (χ0n) is 16.5. The van der Waals surface area contributed by atoms with Gasteiger partial charge < -0.3 is 14.5 Å². The molecule has 3 heterocycles. The SMILES string of the molecule is O=C(CCCc1ccccc1)N1CC[C@@]23O[C@@H](c4ccccc4)CN2C(=O)C[C@@H]13. The van der Waals surface area contributed by atoms with Crippen molar-refractivity contribution in [2.24, 2.45) is 0 Å². The molecule has 5 heteroatoms. The Kier molecular flexibility index (Phi) is 4.63. The van der Waals surface area contributed by atoms with Gasteiger partial charge in [-0.1, -0.05) is 60.7 Å². The average Bonchev–Trinajstić information content (AvgIpc) is 3.38. The van der Waals surface area contributed by atoms with Crippen LogP contribution >= 0.6 is 0 Å². The highest BCUT2D eigenvalue weighted by Gasteiger charge is 2.64. The predicted molar refractivity (Wildman–Crippen MR) is 109 cm³/mol. The predicted octanol–water partition coefficient (Wildman–Crippen LogP) is 3.31. The summed E-state index contributed by atoms with van der Waals surface area (Å²) in [5.74, 6) is 0.249. The van der Waals surface area contributed by atoms with Crippen LogP contribution in [0.3, 0.4) is 0 Å². The van der Waals surface area contributed by atoms with Crippen molar-refractivity contribution in [3.63, 3.8) is 0 Å². The van der Waals surface area contributed by atoms with Gasteiger partial charge in [0.1, 0.15) is 6.10 Å². The van der Waals surface area contributed by atoms with Gasteiger partial charge in [0.2, 0.25) is 11.8 Å². The fourth-order valence-electron chi connectivity index (χ4n) is 5.20. The van der Waals surface area contributed by atoms with Gasteiger partial charge in [0.15, 0.2) is 5.72 Å². The van der Waals surface area contributed by atoms with E-state index in [1.165, 1.54) is 5.56 Å². The Morgan fingerprint density at radius 3 is 2.55 bits per heavy atom. The van der Waals surface area contributed by atoms with Crippen molar-refractivity contribution in [1.82, 2.24) is 9.80 Å². The van der Waals surface area contributed by atoms with E-state index in [9.17, 15) is 9.59 Å². The molecule has 3 saturated heterocycles. The van der Waals surface area contributed by atoms with Crippen molar-refractivity contribution >= 4 is 11.8 Å². The fraction of sp³-hybridized carbons (Fsp3) is 0.417. The second-order valence-electron chi connectivity index (χ2n) is 8.26. The lowest BCUT2D eigenvalue weighted by molar-refractivity contribution is -0.142. The third kappa shape index (κ3) is 3.14. The number of aryl methyl sites for hydroxylation is 1. The van der Waals surface area contributed by atoms with Crippen LogP contribution in [0.25, 0.3) is 0 Å². The largest absolute Gasteiger partial charge is 0.343 e. The molecule has 5 rings (SSSR count). The van der Waals surface area contributed by atoms with E-state index in [1.807, 2.05) is 58.3 Å². The van der Waals surface area contributed by atoms with Crippen LogP contribution in [0, 0.1) is 0 Å². The number of nitrogens with zero attached hydrogens (tertiary/aromatic N) is 2. The number of ether oxygens (including phenoxy) is 1. The molecule has 0 aromatic heterocycles. The van der Waals surface area contributed by atoms with Crippen molar-refractivity contribution in [3.8, 4) is 0 Å². The maximum Gasteiger partial charge on any atom is 0.227 e. The summed E-state index contributed by atoms with van der Waals surface area (Å²) < 4.78 is 6.52. The molecule has 5 nitrogen and oxygen atoms in total. The maximum atomic E-state index is 13.0. The molecule has 0 radical (unpaired) electrons. The van der Waals surface area contributed by atoms with Crippen molar-refractivity contribution in [2.75, 3.05) is 13.1 Å². The van der Waals surface area contributed by atoms with Crippen LogP contribution in [0.2, 0.25) is 0 Å². The highest BCUT2D eigenvalue weighted by atomic mass is 16.5. The molecule has 0 unspecified atom stereocenters. The molecule has 1 spiro atoms. The molecule has 0 saturated carbocycles. The molecule has 0 bridgehead atoms. The zero-order chi connectivity index (χ0) is 19.8. The Hall–Kier alpha value is -2.66. The Labute approximate surface area is 171 Å². The van der Waals surface area contributed by atoms with E-state index < -0.39 is 5.72 Å². The Balaban J connectivity index is 1.27. The first-order chi connectivity index (χ1) is 14.2. The van der Waals surface area contributed by atoms with E-state index in [2.05, 4.69) is 12.1 Å². The Morgan fingerprint density at radius 2 is 1.79 bits per heavy atom. The molecule has 0 aliphatic carbocycles. The van der Waals surface area contributed by atoms with E-state index in [4.69, 9.17) is 4.74 Å². The number of carbonyl (C=O) groups excluding carboxylic acids is 2. The van der Waals surface area contributed by atoms with E-state index in [0.29, 0.717) is 32.4 Å². The van der Waals surface area contributed by atoms with Gasteiger partial charge >= 0.3 is 0 Å². The number of carbonyl (C=O) groups is 2. The molecule has 2 aromatic carbocycles. The molecule has 0 N–H and O–H groups in total. The monoisotopic (exact) mass is 390 g/mol. The maximum absolute atomic E-state index is 13.0. The van der Waals surface area contributed by atoms with Crippen LogP contribution in [0.4, 0.5) is 0 Å². The quantitative estimate of drug-likeness (QED) is 0.787. The minimum absolute atomic E-state index is 0.107. The highest BCUT2D eigenvalue weighted by Crippen LogP contribution is 2.50. The number of amides is 2. The normalized spacial score (nSPS) is 27.9. The average molecular weight is 390 g/mol. The van der Waals surface area contributed by atoms with E-state index in [1.54, 1.807) is 0 Å². The topological polar surface area (TPSA) is 49.9 Å². The number of hydrogen-bond donors (Lipinski definition) is 0. The lowest BCUT2D eigenvalue weighted by Crippen LogP contribution is -2.48. The summed E-state index contributed by atoms with van der Waals surface area (Å²) in [6.45, 7) is 1.25. The molecule has 3 atom stereocenters. The molecule has 2 amide bonds. The lowest BCUT2D eigenvalue weighted by atomic mass is 10.1. The Bertz CT molecular complexity index is 901. The van der Waals surface area contributed by atoms with Crippen LogP contribution < -0.4 is 0 Å². The van der Waals surface area contributed by atoms with Crippen molar-refractivity contribution in [3.05, 3.63) is 71.8 Å². The van der Waals surface area contributed by atoms with Gasteiger partial charge in [-0.05, 0) is 24.0 Å². The van der Waals surface area contributed by atoms with E-state index >= 15 is 0 Å². The standard InChI is InChI=1S/C24H26N2O3/c27-22(13-7-10-18-8-3-1-4-9-18)25-15-14-24-21(25)16-23(28)26(24)17-20(29-24)19-11-5-2-6-12-19/h1-6,8-9,11-12,20-21H,7,10,13-17H2/t20-,21-,24+/m1/s1. The fourth-order valence-corrected chi connectivity index (χ4v) is 5.20. The molecular formula is C24H26N2O3. The number of likely N-dealkylation sites (tertiary alicyclic amines) is 1. The highest BCUT2D eigenvalue weighted by molar-refractivity contribution is 5.84. The summed E-state index contributed by atoms with van der Waals surface area (Å²) in [5, 5.41) is 0. The van der Waals surface area contributed by atoms with E-state index in [-0.39, 0.29) is 24.0 Å². The molecule has 29 heavy (non-hydrogen) atoms. The number of benzene rings is 2. The minimum Gasteiger partial charge on any atom is -0.343 e. The molecule has 3 aliphatic rings. The molecular weight excluding hydrogens is 364 g/mol. The van der Waals surface area contributed by atoms with Crippen LogP contribution in [-0.2, 0) is 20.7 Å². The molecule has 3 aliphatic heterocycles. The van der Waals surface area contributed by atoms with Crippen LogP contribution in [0.15, 0.2) is 60.7 Å². The van der Waals surface area contributed by atoms with Crippen LogP contribution in [0.1, 0.15) is 42.9 Å². The minimum atomic E-state index is -0.632. The van der Waals surface area contributed by atoms with Crippen LogP contribution in [0.5, 0.6) is 0 Å². The smallest absolute Gasteiger partial charge is 0.227 e. The van der Waals surface area contributed by atoms with Gasteiger partial charge in [-0.3, -0.25) is 9.59 Å². The van der Waals surface area contributed by atoms with E-state index in [0.717, 1.165) is 18.4 Å². The summed E-state index contributed by atoms with van der Waals surface area (Å²) in [5.41, 5.74) is 1.72. The number of hydrogen-bond acceptors (Lipinski definition) is 3. The lowest BCUT2D eigenvalue weighted by Gasteiger charge is -2.32. The summed E-state index contributed by atoms with van der Waals surface area (Å²) in [7, 11) is 0. The second-order valence-corrected chi connectivity index (χ2v) is 8.26. The van der Waals surface area contributed by atoms with Gasteiger partial charge in [0.25, 0.3) is 0 Å². The van der Waals surface area contributed by atoms with Gasteiger partial charge in [0, 0.05) is 19.4 Å². The summed E-state index contributed by atoms with van der Waals surface area (Å²) >= 11 is 0. The first-order valence-corrected chi connectivity index (χ1v) is 10.5.